The molecule has 0 heterocycles. The van der Waals surface area contributed by atoms with Crippen LogP contribution in [0.5, 0.6) is 11.5 Å². The number of amides is 1. The highest BCUT2D eigenvalue weighted by Crippen LogP contribution is 2.26. The third kappa shape index (κ3) is 3.91. The van der Waals surface area contributed by atoms with Gasteiger partial charge in [-0.25, -0.2) is 0 Å². The van der Waals surface area contributed by atoms with E-state index in [1.165, 1.54) is 17.0 Å². The fourth-order valence-electron chi connectivity index (χ4n) is 2.73. The number of phenols is 1. The first kappa shape index (κ1) is 17.7. The van der Waals surface area contributed by atoms with E-state index < -0.39 is 6.61 Å². The molecule has 3 aromatic rings. The lowest BCUT2D eigenvalue weighted by Gasteiger charge is -2.18. The minimum Gasteiger partial charge on any atom is -0.507 e. The van der Waals surface area contributed by atoms with Crippen molar-refractivity contribution in [1.82, 2.24) is 4.90 Å². The number of halogens is 2. The summed E-state index contributed by atoms with van der Waals surface area (Å²) in [5, 5.41) is 11.9. The maximum atomic E-state index is 12.7. The Balaban J connectivity index is 1.76. The molecular weight excluding hydrogens is 340 g/mol. The minimum atomic E-state index is -2.87. The Morgan fingerprint density at radius 3 is 2.31 bits per heavy atom. The van der Waals surface area contributed by atoms with Crippen LogP contribution in [0.25, 0.3) is 10.8 Å². The number of aromatic hydroxyl groups is 1. The van der Waals surface area contributed by atoms with Crippen LogP contribution in [-0.4, -0.2) is 29.6 Å². The van der Waals surface area contributed by atoms with Gasteiger partial charge < -0.3 is 14.7 Å². The molecule has 0 atom stereocenters. The highest BCUT2D eigenvalue weighted by atomic mass is 19.3. The van der Waals surface area contributed by atoms with Crippen molar-refractivity contribution in [2.24, 2.45) is 0 Å². The monoisotopic (exact) mass is 357 g/mol. The van der Waals surface area contributed by atoms with E-state index in [1.807, 2.05) is 24.3 Å². The molecule has 4 nitrogen and oxygen atoms in total. The summed E-state index contributed by atoms with van der Waals surface area (Å²) in [4.78, 5) is 14.1. The number of nitrogens with zero attached hydrogens (tertiary/aromatic N) is 1. The smallest absolute Gasteiger partial charge is 0.387 e. The Hall–Kier alpha value is -3.15. The number of carbonyl (C=O) groups is 1. The third-order valence-corrected chi connectivity index (χ3v) is 4.01. The number of hydrogen-bond acceptors (Lipinski definition) is 3. The van der Waals surface area contributed by atoms with Gasteiger partial charge in [0.15, 0.2) is 0 Å². The molecule has 0 spiro atoms. The minimum absolute atomic E-state index is 0.0601. The molecule has 0 unspecified atom stereocenters. The second-order valence-corrected chi connectivity index (χ2v) is 5.90. The lowest BCUT2D eigenvalue weighted by Crippen LogP contribution is -2.26. The van der Waals surface area contributed by atoms with E-state index in [2.05, 4.69) is 4.74 Å². The zero-order valence-corrected chi connectivity index (χ0v) is 14.0. The third-order valence-electron chi connectivity index (χ3n) is 4.01. The molecule has 0 aromatic heterocycles. The van der Waals surface area contributed by atoms with Crippen molar-refractivity contribution in [2.75, 3.05) is 7.05 Å². The van der Waals surface area contributed by atoms with E-state index >= 15 is 0 Å². The first-order chi connectivity index (χ1) is 12.4. The van der Waals surface area contributed by atoms with Crippen molar-refractivity contribution in [3.63, 3.8) is 0 Å². The molecule has 1 amide bonds. The molecule has 0 saturated carbocycles. The first-order valence-electron chi connectivity index (χ1n) is 7.95. The Morgan fingerprint density at radius 2 is 1.69 bits per heavy atom. The fourth-order valence-corrected chi connectivity index (χ4v) is 2.73. The second kappa shape index (κ2) is 7.39. The maximum Gasteiger partial charge on any atom is 0.387 e. The van der Waals surface area contributed by atoms with Crippen molar-refractivity contribution in [3.05, 3.63) is 71.8 Å². The average molecular weight is 357 g/mol. The molecule has 3 aromatic carbocycles. The topological polar surface area (TPSA) is 49.8 Å². The van der Waals surface area contributed by atoms with Gasteiger partial charge in [0.2, 0.25) is 0 Å². The summed E-state index contributed by atoms with van der Waals surface area (Å²) in [6.07, 6.45) is 0. The van der Waals surface area contributed by atoms with Crippen LogP contribution < -0.4 is 4.74 Å². The van der Waals surface area contributed by atoms with Gasteiger partial charge in [-0.3, -0.25) is 4.79 Å². The van der Waals surface area contributed by atoms with Gasteiger partial charge in [-0.2, -0.15) is 8.78 Å². The number of rotatable bonds is 5. The zero-order valence-electron chi connectivity index (χ0n) is 14.0. The Kier molecular flexibility index (Phi) is 5.02. The van der Waals surface area contributed by atoms with Crippen LogP contribution >= 0.6 is 0 Å². The average Bonchev–Trinajstić information content (AvgIpc) is 2.61. The molecule has 0 radical (unpaired) electrons. The van der Waals surface area contributed by atoms with Gasteiger partial charge in [-0.1, -0.05) is 36.4 Å². The zero-order chi connectivity index (χ0) is 18.7. The van der Waals surface area contributed by atoms with E-state index in [9.17, 15) is 18.7 Å². The van der Waals surface area contributed by atoms with Crippen LogP contribution in [0.1, 0.15) is 15.9 Å². The molecule has 6 heteroatoms. The van der Waals surface area contributed by atoms with Crippen LogP contribution in [0, 0.1) is 0 Å². The largest absolute Gasteiger partial charge is 0.507 e. The van der Waals surface area contributed by atoms with E-state index in [1.54, 1.807) is 31.3 Å². The second-order valence-electron chi connectivity index (χ2n) is 5.90. The van der Waals surface area contributed by atoms with E-state index in [4.69, 9.17) is 0 Å². The molecule has 1 N–H and O–H groups in total. The number of carbonyl (C=O) groups excluding carboxylic acids is 1. The van der Waals surface area contributed by atoms with Gasteiger partial charge in [0.25, 0.3) is 5.91 Å². The summed E-state index contributed by atoms with van der Waals surface area (Å²) in [5.74, 6) is -0.354. The number of fused-ring (bicyclic) bond motifs is 1. The van der Waals surface area contributed by atoms with Crippen molar-refractivity contribution >= 4 is 16.7 Å². The van der Waals surface area contributed by atoms with Crippen molar-refractivity contribution in [1.29, 1.82) is 0 Å². The van der Waals surface area contributed by atoms with Gasteiger partial charge >= 0.3 is 6.61 Å². The van der Waals surface area contributed by atoms with E-state index in [0.29, 0.717) is 0 Å². The maximum absolute atomic E-state index is 12.7. The number of benzene rings is 3. The van der Waals surface area contributed by atoms with Crippen LogP contribution in [0.15, 0.2) is 60.7 Å². The van der Waals surface area contributed by atoms with Gasteiger partial charge in [0.05, 0.1) is 5.56 Å². The summed E-state index contributed by atoms with van der Waals surface area (Å²) in [5.41, 5.74) is 0.964. The number of ether oxygens (including phenoxy) is 1. The predicted octanol–water partition coefficient (Wildman–Crippen LogP) is 4.42. The van der Waals surface area contributed by atoms with Crippen LogP contribution in [0.2, 0.25) is 0 Å². The number of hydrogen-bond donors (Lipinski definition) is 1. The van der Waals surface area contributed by atoms with Gasteiger partial charge in [0.1, 0.15) is 11.5 Å². The fraction of sp³-hybridized carbons (Fsp3) is 0.150. The SMILES string of the molecule is CN(Cc1ccc(OC(F)F)cc1)C(=O)c1cc2ccccc2cc1O. The van der Waals surface area contributed by atoms with Crippen LogP contribution in [-0.2, 0) is 6.54 Å². The summed E-state index contributed by atoms with van der Waals surface area (Å²) in [6.45, 7) is -2.61. The van der Waals surface area contributed by atoms with Crippen LogP contribution in [0.4, 0.5) is 8.78 Å². The highest BCUT2D eigenvalue weighted by Gasteiger charge is 2.17. The molecule has 0 aliphatic heterocycles. The predicted molar refractivity (Wildman–Crippen MR) is 94.5 cm³/mol. The van der Waals surface area contributed by atoms with E-state index in [-0.39, 0.29) is 29.5 Å². The molecule has 3 rings (SSSR count). The number of alkyl halides is 2. The molecule has 0 saturated heterocycles. The summed E-state index contributed by atoms with van der Waals surface area (Å²) in [7, 11) is 1.61. The Morgan fingerprint density at radius 1 is 1.08 bits per heavy atom. The Bertz CT molecular complexity index is 926. The molecule has 0 aliphatic carbocycles. The molecule has 26 heavy (non-hydrogen) atoms. The Labute approximate surface area is 149 Å². The molecule has 134 valence electrons. The standard InChI is InChI=1S/C20H17F2NO3/c1-23(12-13-6-8-16(9-7-13)26-20(21)22)19(25)17-10-14-4-2-3-5-15(14)11-18(17)24/h2-11,20,24H,12H2,1H3. The first-order valence-corrected chi connectivity index (χ1v) is 7.95. The van der Waals surface area contributed by atoms with Gasteiger partial charge in [-0.15, -0.1) is 0 Å². The highest BCUT2D eigenvalue weighted by molar-refractivity contribution is 6.01. The normalized spacial score (nSPS) is 10.9. The van der Waals surface area contributed by atoms with Crippen LogP contribution in [0.3, 0.4) is 0 Å². The molecule has 0 fully saturated rings. The quantitative estimate of drug-likeness (QED) is 0.735. The summed E-state index contributed by atoms with van der Waals surface area (Å²) in [6, 6.07) is 16.7. The summed E-state index contributed by atoms with van der Waals surface area (Å²) < 4.78 is 28.7. The molecule has 0 bridgehead atoms. The number of phenolic OH excluding ortho intramolecular Hbond substituents is 1. The van der Waals surface area contributed by atoms with Crippen molar-refractivity contribution in [2.45, 2.75) is 13.2 Å². The van der Waals surface area contributed by atoms with Gasteiger partial charge in [-0.05, 0) is 40.6 Å². The summed E-state index contributed by atoms with van der Waals surface area (Å²) >= 11 is 0. The van der Waals surface area contributed by atoms with E-state index in [0.717, 1.165) is 16.3 Å². The van der Waals surface area contributed by atoms with Gasteiger partial charge in [0, 0.05) is 13.6 Å². The van der Waals surface area contributed by atoms with Crippen molar-refractivity contribution in [3.8, 4) is 11.5 Å². The lowest BCUT2D eigenvalue weighted by atomic mass is 10.0. The molecule has 0 aliphatic rings. The molecular formula is C20H17F2NO3. The lowest BCUT2D eigenvalue weighted by molar-refractivity contribution is -0.0498. The van der Waals surface area contributed by atoms with Crippen molar-refractivity contribution < 1.29 is 23.4 Å².